The molecule has 0 spiro atoms. The number of pyridine rings is 1. The summed E-state index contributed by atoms with van der Waals surface area (Å²) in [5.74, 6) is 0.525. The molecule has 0 amide bonds. The molecule has 0 saturated carbocycles. The fraction of sp³-hybridized carbons (Fsp3) is 0. The van der Waals surface area contributed by atoms with Gasteiger partial charge < -0.3 is 0 Å². The van der Waals surface area contributed by atoms with Gasteiger partial charge in [0.05, 0.1) is 6.20 Å². The second kappa shape index (κ2) is 4.77. The number of rotatable bonds is 3. The Labute approximate surface area is 108 Å². The van der Waals surface area contributed by atoms with Crippen molar-refractivity contribution in [3.05, 3.63) is 54.4 Å². The Bertz CT molecular complexity index is 708. The van der Waals surface area contributed by atoms with Crippen LogP contribution in [0.1, 0.15) is 10.4 Å². The average Bonchev–Trinajstić information content (AvgIpc) is 2.98. The summed E-state index contributed by atoms with van der Waals surface area (Å²) in [6, 6.07) is 11.2. The van der Waals surface area contributed by atoms with Gasteiger partial charge in [0.1, 0.15) is 5.69 Å². The van der Waals surface area contributed by atoms with Gasteiger partial charge in [0.2, 0.25) is 5.82 Å². The topological polar surface area (TPSA) is 73.6 Å². The van der Waals surface area contributed by atoms with Gasteiger partial charge in [-0.1, -0.05) is 30.3 Å². The molecule has 6 nitrogen and oxygen atoms in total. The highest BCUT2D eigenvalue weighted by Crippen LogP contribution is 2.13. The highest BCUT2D eigenvalue weighted by atomic mass is 16.1. The number of aromatic nitrogens is 5. The van der Waals surface area contributed by atoms with Crippen LogP contribution in [0.15, 0.2) is 48.8 Å². The summed E-state index contributed by atoms with van der Waals surface area (Å²) < 4.78 is 0. The predicted octanol–water partition coefficient (Wildman–Crippen LogP) is 1.54. The summed E-state index contributed by atoms with van der Waals surface area (Å²) in [6.45, 7) is 0. The quantitative estimate of drug-likeness (QED) is 0.660. The molecule has 0 aliphatic heterocycles. The summed E-state index contributed by atoms with van der Waals surface area (Å²) in [6.07, 6.45) is 3.78. The van der Waals surface area contributed by atoms with Gasteiger partial charge in [-0.05, 0) is 11.3 Å². The molecule has 2 aromatic heterocycles. The summed E-state index contributed by atoms with van der Waals surface area (Å²) in [7, 11) is 0. The Hall–Kier alpha value is -2.89. The van der Waals surface area contributed by atoms with Gasteiger partial charge in [-0.25, -0.2) is 0 Å². The maximum atomic E-state index is 10.7. The summed E-state index contributed by atoms with van der Waals surface area (Å²) in [4.78, 5) is 16.0. The molecule has 1 aromatic carbocycles. The molecule has 0 radical (unpaired) electrons. The molecule has 2 heterocycles. The maximum Gasteiger partial charge on any atom is 0.205 e. The van der Waals surface area contributed by atoms with Gasteiger partial charge in [-0.15, -0.1) is 15.0 Å². The molecule has 0 unspecified atom stereocenters. The molecule has 92 valence electrons. The van der Waals surface area contributed by atoms with Crippen molar-refractivity contribution in [1.82, 2.24) is 25.2 Å². The zero-order valence-corrected chi connectivity index (χ0v) is 9.84. The molecule has 0 fully saturated rings. The number of carbonyl (C=O) groups is 1. The molecule has 0 bridgehead atoms. The van der Waals surface area contributed by atoms with Crippen molar-refractivity contribution >= 4 is 6.29 Å². The van der Waals surface area contributed by atoms with Crippen LogP contribution in [0.5, 0.6) is 0 Å². The number of hydrogen-bond donors (Lipinski definition) is 0. The third-order valence-electron chi connectivity index (χ3n) is 2.56. The third kappa shape index (κ3) is 2.23. The second-order valence-electron chi connectivity index (χ2n) is 3.86. The lowest BCUT2D eigenvalue weighted by Crippen LogP contribution is -2.00. The minimum Gasteiger partial charge on any atom is -0.298 e. The van der Waals surface area contributed by atoms with E-state index in [1.54, 1.807) is 12.3 Å². The average molecular weight is 251 g/mol. The Kier molecular flexibility index (Phi) is 2.82. The number of nitrogens with zero attached hydrogens (tertiary/aromatic N) is 5. The molecular formula is C13H9N5O. The van der Waals surface area contributed by atoms with Crippen LogP contribution < -0.4 is 0 Å². The van der Waals surface area contributed by atoms with Crippen molar-refractivity contribution < 1.29 is 4.79 Å². The van der Waals surface area contributed by atoms with Crippen molar-refractivity contribution in [2.75, 3.05) is 0 Å². The lowest BCUT2D eigenvalue weighted by Gasteiger charge is -1.97. The van der Waals surface area contributed by atoms with E-state index >= 15 is 0 Å². The van der Waals surface area contributed by atoms with Gasteiger partial charge in [0.25, 0.3) is 0 Å². The Morgan fingerprint density at radius 3 is 2.74 bits per heavy atom. The predicted molar refractivity (Wildman–Crippen MR) is 67.8 cm³/mol. The summed E-state index contributed by atoms with van der Waals surface area (Å²) >= 11 is 0. The Morgan fingerprint density at radius 1 is 1.11 bits per heavy atom. The van der Waals surface area contributed by atoms with Crippen LogP contribution >= 0.6 is 0 Å². The van der Waals surface area contributed by atoms with E-state index in [0.717, 1.165) is 11.8 Å². The van der Waals surface area contributed by atoms with Gasteiger partial charge in [0.15, 0.2) is 6.29 Å². The first-order valence-electron chi connectivity index (χ1n) is 5.63. The van der Waals surface area contributed by atoms with E-state index in [2.05, 4.69) is 20.4 Å². The van der Waals surface area contributed by atoms with E-state index in [-0.39, 0.29) is 0 Å². The van der Waals surface area contributed by atoms with E-state index < -0.39 is 0 Å². The third-order valence-corrected chi connectivity index (χ3v) is 2.56. The first-order chi connectivity index (χ1) is 9.36. The molecule has 6 heteroatoms. The molecule has 3 aromatic rings. The van der Waals surface area contributed by atoms with Gasteiger partial charge in [0, 0.05) is 17.3 Å². The minimum atomic E-state index is 0.469. The van der Waals surface area contributed by atoms with Crippen molar-refractivity contribution in [2.24, 2.45) is 0 Å². The first kappa shape index (κ1) is 11.2. The SMILES string of the molecule is O=Cc1cncc(-n2nnc(-c3ccccc3)n2)c1. The van der Waals surface area contributed by atoms with E-state index in [1.807, 2.05) is 30.3 Å². The largest absolute Gasteiger partial charge is 0.298 e. The fourth-order valence-corrected chi connectivity index (χ4v) is 1.65. The Balaban J connectivity index is 1.99. The molecule has 0 atom stereocenters. The van der Waals surface area contributed by atoms with E-state index in [0.29, 0.717) is 17.1 Å². The molecule has 0 N–H and O–H groups in total. The van der Waals surface area contributed by atoms with Crippen molar-refractivity contribution in [3.63, 3.8) is 0 Å². The zero-order chi connectivity index (χ0) is 13.1. The van der Waals surface area contributed by atoms with Crippen molar-refractivity contribution in [3.8, 4) is 17.1 Å². The van der Waals surface area contributed by atoms with Crippen LogP contribution in [-0.2, 0) is 0 Å². The lowest BCUT2D eigenvalue weighted by molar-refractivity contribution is 0.112. The molecule has 19 heavy (non-hydrogen) atoms. The number of hydrogen-bond acceptors (Lipinski definition) is 5. The summed E-state index contributed by atoms with van der Waals surface area (Å²) in [5.41, 5.74) is 1.95. The van der Waals surface area contributed by atoms with Crippen LogP contribution in [0.2, 0.25) is 0 Å². The normalized spacial score (nSPS) is 10.3. The highest BCUT2D eigenvalue weighted by molar-refractivity contribution is 5.75. The monoisotopic (exact) mass is 251 g/mol. The van der Waals surface area contributed by atoms with Crippen LogP contribution in [0.3, 0.4) is 0 Å². The van der Waals surface area contributed by atoms with Gasteiger partial charge in [-0.2, -0.15) is 0 Å². The second-order valence-corrected chi connectivity index (χ2v) is 3.86. The van der Waals surface area contributed by atoms with E-state index in [4.69, 9.17) is 0 Å². The number of tetrazole rings is 1. The molecule has 0 aliphatic carbocycles. The smallest absolute Gasteiger partial charge is 0.205 e. The van der Waals surface area contributed by atoms with Gasteiger partial charge >= 0.3 is 0 Å². The van der Waals surface area contributed by atoms with E-state index in [1.165, 1.54) is 11.0 Å². The van der Waals surface area contributed by atoms with Crippen LogP contribution in [0.4, 0.5) is 0 Å². The van der Waals surface area contributed by atoms with Crippen molar-refractivity contribution in [2.45, 2.75) is 0 Å². The van der Waals surface area contributed by atoms with E-state index in [9.17, 15) is 4.79 Å². The first-order valence-corrected chi connectivity index (χ1v) is 5.63. The minimum absolute atomic E-state index is 0.469. The standard InChI is InChI=1S/C13H9N5O/c19-9-10-6-12(8-14-7-10)18-16-13(15-17-18)11-4-2-1-3-5-11/h1-9H. The van der Waals surface area contributed by atoms with Crippen molar-refractivity contribution in [1.29, 1.82) is 0 Å². The molecule has 3 rings (SSSR count). The van der Waals surface area contributed by atoms with Crippen LogP contribution in [0, 0.1) is 0 Å². The number of carbonyl (C=O) groups excluding carboxylic acids is 1. The highest BCUT2D eigenvalue weighted by Gasteiger charge is 2.07. The molecular weight excluding hydrogens is 242 g/mol. The fourth-order valence-electron chi connectivity index (χ4n) is 1.65. The maximum absolute atomic E-state index is 10.7. The number of benzene rings is 1. The molecule has 0 aliphatic rings. The Morgan fingerprint density at radius 2 is 1.95 bits per heavy atom. The summed E-state index contributed by atoms with van der Waals surface area (Å²) in [5, 5.41) is 12.2. The van der Waals surface area contributed by atoms with Crippen LogP contribution in [-0.4, -0.2) is 31.5 Å². The number of aldehydes is 1. The lowest BCUT2D eigenvalue weighted by atomic mass is 10.2. The van der Waals surface area contributed by atoms with Gasteiger partial charge in [-0.3, -0.25) is 9.78 Å². The molecule has 0 saturated heterocycles. The van der Waals surface area contributed by atoms with Crippen LogP contribution in [0.25, 0.3) is 17.1 Å². The zero-order valence-electron chi connectivity index (χ0n) is 9.84.